The zero-order chi connectivity index (χ0) is 14.1. The normalized spacial score (nSPS) is 10.0. The maximum atomic E-state index is 11.1. The predicted molar refractivity (Wildman–Crippen MR) is 77.5 cm³/mol. The first-order valence-electron chi connectivity index (χ1n) is 6.48. The molecule has 0 saturated carbocycles. The van der Waals surface area contributed by atoms with Gasteiger partial charge < -0.3 is 16.4 Å². The lowest BCUT2D eigenvalue weighted by atomic mass is 10.1. The molecule has 1 aromatic rings. The molecule has 1 amide bonds. The molecule has 0 aliphatic heterocycles. The SMILES string of the molecule is CC(=O)Nc1cc(NCCCCCN)ccc1C=O. The molecule has 0 spiro atoms. The van der Waals surface area contributed by atoms with Crippen molar-refractivity contribution in [2.75, 3.05) is 23.7 Å². The number of aldehydes is 1. The van der Waals surface area contributed by atoms with Gasteiger partial charge in [0.15, 0.2) is 6.29 Å². The van der Waals surface area contributed by atoms with Gasteiger partial charge in [0.2, 0.25) is 5.91 Å². The quantitative estimate of drug-likeness (QED) is 0.494. The van der Waals surface area contributed by atoms with Crippen LogP contribution in [0.15, 0.2) is 18.2 Å². The van der Waals surface area contributed by atoms with Crippen molar-refractivity contribution in [2.45, 2.75) is 26.2 Å². The maximum absolute atomic E-state index is 11.1. The summed E-state index contributed by atoms with van der Waals surface area (Å²) in [7, 11) is 0. The van der Waals surface area contributed by atoms with Crippen LogP contribution in [0.25, 0.3) is 0 Å². The molecule has 19 heavy (non-hydrogen) atoms. The molecule has 104 valence electrons. The van der Waals surface area contributed by atoms with Gasteiger partial charge in [0.25, 0.3) is 0 Å². The summed E-state index contributed by atoms with van der Waals surface area (Å²) in [6.45, 7) is 2.99. The van der Waals surface area contributed by atoms with E-state index >= 15 is 0 Å². The van der Waals surface area contributed by atoms with Crippen LogP contribution < -0.4 is 16.4 Å². The number of hydrogen-bond acceptors (Lipinski definition) is 4. The number of carbonyl (C=O) groups excluding carboxylic acids is 2. The van der Waals surface area contributed by atoms with Crippen LogP contribution in [0.4, 0.5) is 11.4 Å². The molecule has 0 bridgehead atoms. The summed E-state index contributed by atoms with van der Waals surface area (Å²) >= 11 is 0. The predicted octanol–water partition coefficient (Wildman–Crippen LogP) is 2.00. The van der Waals surface area contributed by atoms with E-state index in [4.69, 9.17) is 5.73 Å². The average molecular weight is 263 g/mol. The topological polar surface area (TPSA) is 84.2 Å². The molecule has 1 rings (SSSR count). The number of anilines is 2. The Kier molecular flexibility index (Phi) is 6.60. The molecular formula is C14H21N3O2. The molecule has 0 aromatic heterocycles. The molecule has 0 radical (unpaired) electrons. The summed E-state index contributed by atoms with van der Waals surface area (Å²) in [5.74, 6) is -0.191. The molecular weight excluding hydrogens is 242 g/mol. The minimum atomic E-state index is -0.191. The molecule has 4 N–H and O–H groups in total. The Bertz CT molecular complexity index is 433. The van der Waals surface area contributed by atoms with Gasteiger partial charge in [-0.1, -0.05) is 6.42 Å². The number of rotatable bonds is 8. The summed E-state index contributed by atoms with van der Waals surface area (Å²) < 4.78 is 0. The molecule has 0 saturated heterocycles. The number of carbonyl (C=O) groups is 2. The summed E-state index contributed by atoms with van der Waals surface area (Å²) in [6, 6.07) is 5.30. The zero-order valence-corrected chi connectivity index (χ0v) is 11.2. The Hall–Kier alpha value is -1.88. The number of nitrogens with one attached hydrogen (secondary N) is 2. The monoisotopic (exact) mass is 263 g/mol. The molecule has 0 atom stereocenters. The smallest absolute Gasteiger partial charge is 0.221 e. The van der Waals surface area contributed by atoms with Gasteiger partial charge in [-0.05, 0) is 37.6 Å². The Labute approximate surface area is 113 Å². The van der Waals surface area contributed by atoms with E-state index in [1.165, 1.54) is 6.92 Å². The van der Waals surface area contributed by atoms with E-state index in [0.717, 1.165) is 44.3 Å². The number of nitrogens with two attached hydrogens (primary N) is 1. The molecule has 5 heteroatoms. The van der Waals surface area contributed by atoms with Gasteiger partial charge in [-0.2, -0.15) is 0 Å². The van der Waals surface area contributed by atoms with Gasteiger partial charge in [0.1, 0.15) is 0 Å². The summed E-state index contributed by atoms with van der Waals surface area (Å²) in [4.78, 5) is 21.9. The molecule has 0 aliphatic carbocycles. The summed E-state index contributed by atoms with van der Waals surface area (Å²) in [6.07, 6.45) is 3.90. The Morgan fingerprint density at radius 2 is 2.11 bits per heavy atom. The van der Waals surface area contributed by atoms with Crippen molar-refractivity contribution >= 4 is 23.6 Å². The highest BCUT2D eigenvalue weighted by Gasteiger charge is 2.04. The lowest BCUT2D eigenvalue weighted by Crippen LogP contribution is -2.09. The number of benzene rings is 1. The van der Waals surface area contributed by atoms with Crippen LogP contribution in [0.3, 0.4) is 0 Å². The highest BCUT2D eigenvalue weighted by molar-refractivity contribution is 5.96. The van der Waals surface area contributed by atoms with Crippen molar-refractivity contribution in [2.24, 2.45) is 5.73 Å². The molecule has 1 aromatic carbocycles. The largest absolute Gasteiger partial charge is 0.385 e. The molecule has 0 unspecified atom stereocenters. The Morgan fingerprint density at radius 3 is 2.74 bits per heavy atom. The molecule has 0 fully saturated rings. The second-order valence-electron chi connectivity index (χ2n) is 4.38. The number of amides is 1. The summed E-state index contributed by atoms with van der Waals surface area (Å²) in [5, 5.41) is 5.91. The van der Waals surface area contributed by atoms with Crippen LogP contribution in [0.2, 0.25) is 0 Å². The number of unbranched alkanes of at least 4 members (excludes halogenated alkanes) is 2. The fourth-order valence-electron chi connectivity index (χ4n) is 1.75. The van der Waals surface area contributed by atoms with Crippen molar-refractivity contribution in [1.82, 2.24) is 0 Å². The summed E-state index contributed by atoms with van der Waals surface area (Å²) in [5.41, 5.74) is 7.33. The molecule has 0 heterocycles. The fraction of sp³-hybridized carbons (Fsp3) is 0.429. The number of hydrogen-bond donors (Lipinski definition) is 3. The third kappa shape index (κ3) is 5.52. The van der Waals surface area contributed by atoms with Crippen molar-refractivity contribution in [3.05, 3.63) is 23.8 Å². The van der Waals surface area contributed by atoms with Crippen LogP contribution in [0.1, 0.15) is 36.5 Å². The van der Waals surface area contributed by atoms with Crippen molar-refractivity contribution in [3.8, 4) is 0 Å². The Morgan fingerprint density at radius 1 is 1.32 bits per heavy atom. The van der Waals surface area contributed by atoms with Crippen molar-refractivity contribution in [3.63, 3.8) is 0 Å². The van der Waals surface area contributed by atoms with Crippen LogP contribution >= 0.6 is 0 Å². The first kappa shape index (κ1) is 15.2. The van der Waals surface area contributed by atoms with Gasteiger partial charge in [0, 0.05) is 24.7 Å². The third-order valence-electron chi connectivity index (χ3n) is 2.70. The van der Waals surface area contributed by atoms with E-state index in [1.807, 2.05) is 6.07 Å². The van der Waals surface area contributed by atoms with Crippen LogP contribution in [0, 0.1) is 0 Å². The highest BCUT2D eigenvalue weighted by atomic mass is 16.1. The van der Waals surface area contributed by atoms with E-state index in [1.54, 1.807) is 12.1 Å². The second-order valence-corrected chi connectivity index (χ2v) is 4.38. The van der Waals surface area contributed by atoms with Gasteiger partial charge in [-0.25, -0.2) is 0 Å². The highest BCUT2D eigenvalue weighted by Crippen LogP contribution is 2.19. The van der Waals surface area contributed by atoms with Gasteiger partial charge >= 0.3 is 0 Å². The van der Waals surface area contributed by atoms with E-state index < -0.39 is 0 Å². The average Bonchev–Trinajstić information content (AvgIpc) is 2.38. The lowest BCUT2D eigenvalue weighted by Gasteiger charge is -2.10. The van der Waals surface area contributed by atoms with Crippen LogP contribution in [0.5, 0.6) is 0 Å². The van der Waals surface area contributed by atoms with E-state index in [9.17, 15) is 9.59 Å². The first-order chi connectivity index (χ1) is 9.17. The van der Waals surface area contributed by atoms with E-state index in [0.29, 0.717) is 11.3 Å². The van der Waals surface area contributed by atoms with Crippen LogP contribution in [-0.4, -0.2) is 25.3 Å². The third-order valence-corrected chi connectivity index (χ3v) is 2.70. The van der Waals surface area contributed by atoms with Crippen molar-refractivity contribution < 1.29 is 9.59 Å². The van der Waals surface area contributed by atoms with E-state index in [-0.39, 0.29) is 5.91 Å². The lowest BCUT2D eigenvalue weighted by molar-refractivity contribution is -0.114. The second kappa shape index (κ2) is 8.26. The zero-order valence-electron chi connectivity index (χ0n) is 11.2. The fourth-order valence-corrected chi connectivity index (χ4v) is 1.75. The minimum Gasteiger partial charge on any atom is -0.385 e. The standard InChI is InChI=1S/C14H21N3O2/c1-11(19)17-14-9-13(6-5-12(14)10-18)16-8-4-2-3-7-15/h5-6,9-10,16H,2-4,7-8,15H2,1H3,(H,17,19). The van der Waals surface area contributed by atoms with Gasteiger partial charge in [-0.15, -0.1) is 0 Å². The van der Waals surface area contributed by atoms with Gasteiger partial charge in [0.05, 0.1) is 5.69 Å². The van der Waals surface area contributed by atoms with Gasteiger partial charge in [-0.3, -0.25) is 9.59 Å². The molecule has 5 nitrogen and oxygen atoms in total. The minimum absolute atomic E-state index is 0.191. The van der Waals surface area contributed by atoms with Crippen molar-refractivity contribution in [1.29, 1.82) is 0 Å². The Balaban J connectivity index is 2.59. The van der Waals surface area contributed by atoms with E-state index in [2.05, 4.69) is 10.6 Å². The molecule has 0 aliphatic rings. The van der Waals surface area contributed by atoms with Crippen LogP contribution in [-0.2, 0) is 4.79 Å². The first-order valence-corrected chi connectivity index (χ1v) is 6.48. The maximum Gasteiger partial charge on any atom is 0.221 e.